The fourth-order valence-electron chi connectivity index (χ4n) is 2.42. The maximum atomic E-state index is 4.53. The van der Waals surface area contributed by atoms with E-state index in [-0.39, 0.29) is 0 Å². The molecule has 1 N–H and O–H groups in total. The van der Waals surface area contributed by atoms with E-state index in [9.17, 15) is 0 Å². The molecule has 0 radical (unpaired) electrons. The van der Waals surface area contributed by atoms with Gasteiger partial charge in [0.15, 0.2) is 0 Å². The van der Waals surface area contributed by atoms with E-state index >= 15 is 0 Å². The summed E-state index contributed by atoms with van der Waals surface area (Å²) in [5.74, 6) is 1.85. The molecule has 0 bridgehead atoms. The number of halogens is 1. The Morgan fingerprint density at radius 3 is 2.84 bits per heavy atom. The van der Waals surface area contributed by atoms with Crippen LogP contribution in [0.3, 0.4) is 0 Å². The van der Waals surface area contributed by atoms with Gasteiger partial charge in [-0.2, -0.15) is 0 Å². The van der Waals surface area contributed by atoms with Crippen molar-refractivity contribution in [1.82, 2.24) is 14.9 Å². The van der Waals surface area contributed by atoms with Crippen LogP contribution >= 0.6 is 15.9 Å². The standard InChI is InChI=1S/C14H23BrN4/c1-2-6-13-17-12(15)11-14(18-13)16-7-5-10-19-8-3-4-9-19/h11H,2-10H2,1H3,(H,16,17,18). The van der Waals surface area contributed by atoms with Crippen LogP contribution < -0.4 is 5.32 Å². The van der Waals surface area contributed by atoms with Gasteiger partial charge in [0.2, 0.25) is 0 Å². The molecule has 0 atom stereocenters. The lowest BCUT2D eigenvalue weighted by molar-refractivity contribution is 0.337. The third-order valence-electron chi connectivity index (χ3n) is 3.37. The maximum Gasteiger partial charge on any atom is 0.132 e. The Balaban J connectivity index is 1.75. The van der Waals surface area contributed by atoms with Gasteiger partial charge < -0.3 is 10.2 Å². The molecule has 106 valence electrons. The molecule has 0 amide bonds. The molecular formula is C14H23BrN4. The van der Waals surface area contributed by atoms with Crippen molar-refractivity contribution in [3.8, 4) is 0 Å². The Kier molecular flexibility index (Phi) is 6.04. The molecule has 2 heterocycles. The second kappa shape index (κ2) is 7.80. The SMILES string of the molecule is CCCc1nc(Br)cc(NCCCN2CCCC2)n1. The predicted octanol–water partition coefficient (Wildman–Crippen LogP) is 3.09. The molecule has 0 spiro atoms. The first kappa shape index (κ1) is 14.7. The van der Waals surface area contributed by atoms with E-state index in [2.05, 4.69) is 43.0 Å². The summed E-state index contributed by atoms with van der Waals surface area (Å²) in [7, 11) is 0. The van der Waals surface area contributed by atoms with Gasteiger partial charge in [0.05, 0.1) is 0 Å². The topological polar surface area (TPSA) is 41.1 Å². The van der Waals surface area contributed by atoms with Crippen LogP contribution in [-0.2, 0) is 6.42 Å². The molecule has 0 saturated carbocycles. The second-order valence-corrected chi connectivity index (χ2v) is 5.88. The van der Waals surface area contributed by atoms with E-state index in [0.717, 1.165) is 35.6 Å². The lowest BCUT2D eigenvalue weighted by Crippen LogP contribution is -2.22. The first-order valence-corrected chi connectivity index (χ1v) is 8.07. The van der Waals surface area contributed by atoms with Crippen molar-refractivity contribution in [3.63, 3.8) is 0 Å². The third-order valence-corrected chi connectivity index (χ3v) is 3.78. The molecule has 2 rings (SSSR count). The summed E-state index contributed by atoms with van der Waals surface area (Å²) in [6.07, 6.45) is 5.91. The lowest BCUT2D eigenvalue weighted by Gasteiger charge is -2.14. The molecule has 1 aromatic heterocycles. The number of likely N-dealkylation sites (tertiary alicyclic amines) is 1. The molecule has 0 aliphatic carbocycles. The van der Waals surface area contributed by atoms with E-state index in [4.69, 9.17) is 0 Å². The summed E-state index contributed by atoms with van der Waals surface area (Å²) in [5.41, 5.74) is 0. The van der Waals surface area contributed by atoms with Gasteiger partial charge in [0.1, 0.15) is 16.2 Å². The highest BCUT2D eigenvalue weighted by Crippen LogP contribution is 2.13. The van der Waals surface area contributed by atoms with Gasteiger partial charge in [-0.1, -0.05) is 6.92 Å². The minimum Gasteiger partial charge on any atom is -0.370 e. The smallest absolute Gasteiger partial charge is 0.132 e. The predicted molar refractivity (Wildman–Crippen MR) is 82.5 cm³/mol. The molecule has 1 saturated heterocycles. The van der Waals surface area contributed by atoms with Crippen LogP contribution in [0.25, 0.3) is 0 Å². The molecule has 1 aromatic rings. The van der Waals surface area contributed by atoms with Gasteiger partial charge in [-0.3, -0.25) is 0 Å². The van der Waals surface area contributed by atoms with E-state index in [0.29, 0.717) is 0 Å². The number of aryl methyl sites for hydroxylation is 1. The van der Waals surface area contributed by atoms with E-state index in [1.165, 1.54) is 38.9 Å². The third kappa shape index (κ3) is 5.07. The molecular weight excluding hydrogens is 304 g/mol. The van der Waals surface area contributed by atoms with Crippen molar-refractivity contribution in [1.29, 1.82) is 0 Å². The first-order chi connectivity index (χ1) is 9.28. The van der Waals surface area contributed by atoms with E-state index < -0.39 is 0 Å². The fourth-order valence-corrected chi connectivity index (χ4v) is 2.84. The zero-order valence-electron chi connectivity index (χ0n) is 11.7. The van der Waals surface area contributed by atoms with E-state index in [1.807, 2.05) is 6.07 Å². The van der Waals surface area contributed by atoms with Gasteiger partial charge in [-0.05, 0) is 61.2 Å². The van der Waals surface area contributed by atoms with Crippen molar-refractivity contribution < 1.29 is 0 Å². The van der Waals surface area contributed by atoms with Crippen LogP contribution in [0.5, 0.6) is 0 Å². The minimum absolute atomic E-state index is 0.869. The summed E-state index contributed by atoms with van der Waals surface area (Å²) in [5, 5.41) is 3.40. The maximum absolute atomic E-state index is 4.53. The van der Waals surface area contributed by atoms with Crippen molar-refractivity contribution in [2.75, 3.05) is 31.5 Å². The number of nitrogens with zero attached hydrogens (tertiary/aromatic N) is 3. The lowest BCUT2D eigenvalue weighted by atomic mass is 10.3. The highest BCUT2D eigenvalue weighted by molar-refractivity contribution is 9.10. The van der Waals surface area contributed by atoms with Gasteiger partial charge in [0, 0.05) is 19.0 Å². The summed E-state index contributed by atoms with van der Waals surface area (Å²) in [6.45, 7) is 6.87. The van der Waals surface area contributed by atoms with Gasteiger partial charge >= 0.3 is 0 Å². The average Bonchev–Trinajstić information content (AvgIpc) is 2.87. The van der Waals surface area contributed by atoms with Gasteiger partial charge in [0.25, 0.3) is 0 Å². The number of hydrogen-bond acceptors (Lipinski definition) is 4. The number of hydrogen-bond donors (Lipinski definition) is 1. The highest BCUT2D eigenvalue weighted by atomic mass is 79.9. The fraction of sp³-hybridized carbons (Fsp3) is 0.714. The summed E-state index contributed by atoms with van der Waals surface area (Å²) >= 11 is 3.45. The zero-order chi connectivity index (χ0) is 13.5. The number of aromatic nitrogens is 2. The summed E-state index contributed by atoms with van der Waals surface area (Å²) in [6, 6.07) is 1.95. The summed E-state index contributed by atoms with van der Waals surface area (Å²) in [4.78, 5) is 11.4. The Morgan fingerprint density at radius 2 is 2.11 bits per heavy atom. The first-order valence-electron chi connectivity index (χ1n) is 7.27. The van der Waals surface area contributed by atoms with Crippen molar-refractivity contribution >= 4 is 21.7 Å². The van der Waals surface area contributed by atoms with Crippen LogP contribution in [0.4, 0.5) is 5.82 Å². The molecule has 1 aliphatic heterocycles. The molecule has 19 heavy (non-hydrogen) atoms. The monoisotopic (exact) mass is 326 g/mol. The van der Waals surface area contributed by atoms with Crippen molar-refractivity contribution in [2.45, 2.75) is 39.0 Å². The highest BCUT2D eigenvalue weighted by Gasteiger charge is 2.10. The Bertz CT molecular complexity index is 391. The molecule has 5 heteroatoms. The Morgan fingerprint density at radius 1 is 1.32 bits per heavy atom. The summed E-state index contributed by atoms with van der Waals surface area (Å²) < 4.78 is 0.869. The molecule has 0 unspecified atom stereocenters. The van der Waals surface area contributed by atoms with Gasteiger partial charge in [-0.15, -0.1) is 0 Å². The minimum atomic E-state index is 0.869. The number of anilines is 1. The van der Waals surface area contributed by atoms with Crippen molar-refractivity contribution in [3.05, 3.63) is 16.5 Å². The number of rotatable bonds is 7. The van der Waals surface area contributed by atoms with E-state index in [1.54, 1.807) is 0 Å². The number of nitrogens with one attached hydrogen (secondary N) is 1. The molecule has 0 aromatic carbocycles. The van der Waals surface area contributed by atoms with Crippen LogP contribution in [0.1, 0.15) is 38.4 Å². The second-order valence-electron chi connectivity index (χ2n) is 5.07. The average molecular weight is 327 g/mol. The van der Waals surface area contributed by atoms with Crippen LogP contribution in [-0.4, -0.2) is 41.0 Å². The zero-order valence-corrected chi connectivity index (χ0v) is 13.2. The molecule has 4 nitrogen and oxygen atoms in total. The van der Waals surface area contributed by atoms with Crippen LogP contribution in [0.15, 0.2) is 10.7 Å². The Labute approximate surface area is 124 Å². The van der Waals surface area contributed by atoms with Crippen molar-refractivity contribution in [2.24, 2.45) is 0 Å². The molecule has 1 fully saturated rings. The quantitative estimate of drug-likeness (QED) is 0.617. The Hall–Kier alpha value is -0.680. The van der Waals surface area contributed by atoms with Gasteiger partial charge in [-0.25, -0.2) is 9.97 Å². The van der Waals surface area contributed by atoms with Crippen LogP contribution in [0.2, 0.25) is 0 Å². The largest absolute Gasteiger partial charge is 0.370 e. The van der Waals surface area contributed by atoms with Crippen LogP contribution in [0, 0.1) is 0 Å². The molecule has 1 aliphatic rings. The normalized spacial score (nSPS) is 15.9.